The molecule has 0 amide bonds. The Bertz CT molecular complexity index is 121. The zero-order valence-corrected chi connectivity index (χ0v) is 7.43. The molecular weight excluding hydrogens is 164 g/mol. The number of rotatable bonds is 2. The normalized spacial score (nSPS) is 19.6. The van der Waals surface area contributed by atoms with Crippen molar-refractivity contribution in [3.05, 3.63) is 0 Å². The molecule has 0 aromatic rings. The van der Waals surface area contributed by atoms with Gasteiger partial charge in [-0.15, -0.1) is 0 Å². The maximum absolute atomic E-state index is 6.98. The molecule has 1 rings (SSSR count). The van der Waals surface area contributed by atoms with Crippen LogP contribution in [0.1, 0.15) is 25.7 Å². The molecule has 0 unspecified atom stereocenters. The van der Waals surface area contributed by atoms with Crippen molar-refractivity contribution in [3.8, 4) is 0 Å². The molecule has 58 valence electrons. The Balaban J connectivity index is 2.07. The van der Waals surface area contributed by atoms with Gasteiger partial charge in [-0.1, -0.05) is 23.6 Å². The van der Waals surface area contributed by atoms with Gasteiger partial charge in [0.2, 0.25) is 0 Å². The zero-order valence-electron chi connectivity index (χ0n) is 5.80. The lowest BCUT2D eigenvalue weighted by atomic mass is 10.4. The summed E-state index contributed by atoms with van der Waals surface area (Å²) in [5.41, 5.74) is 5.20. The SMILES string of the molecule is N=C(N)SSC1CCCC1. The van der Waals surface area contributed by atoms with Crippen LogP contribution in [0.25, 0.3) is 0 Å². The van der Waals surface area contributed by atoms with Gasteiger partial charge in [0, 0.05) is 5.25 Å². The summed E-state index contributed by atoms with van der Waals surface area (Å²) in [5, 5.41) is 7.97. The van der Waals surface area contributed by atoms with Gasteiger partial charge >= 0.3 is 0 Å². The van der Waals surface area contributed by atoms with Crippen LogP contribution in [0.15, 0.2) is 0 Å². The minimum absolute atomic E-state index is 0.233. The van der Waals surface area contributed by atoms with Gasteiger partial charge in [-0.05, 0) is 23.6 Å². The fourth-order valence-electron chi connectivity index (χ4n) is 1.10. The van der Waals surface area contributed by atoms with E-state index < -0.39 is 0 Å². The molecule has 1 saturated carbocycles. The molecule has 0 aromatic carbocycles. The fourth-order valence-corrected chi connectivity index (χ4v) is 3.17. The molecular formula is C6H12N2S2. The van der Waals surface area contributed by atoms with Crippen LogP contribution in [0, 0.1) is 5.41 Å². The zero-order chi connectivity index (χ0) is 7.40. The molecule has 4 heteroatoms. The Morgan fingerprint density at radius 3 is 2.50 bits per heavy atom. The molecule has 0 atom stereocenters. The number of amidine groups is 1. The average Bonchev–Trinajstić information content (AvgIpc) is 2.34. The van der Waals surface area contributed by atoms with Crippen LogP contribution < -0.4 is 5.73 Å². The van der Waals surface area contributed by atoms with Crippen molar-refractivity contribution in [2.45, 2.75) is 30.9 Å². The van der Waals surface area contributed by atoms with E-state index in [1.165, 1.54) is 36.5 Å². The maximum atomic E-state index is 6.98. The Kier molecular flexibility index (Phi) is 3.42. The molecule has 0 aliphatic heterocycles. The van der Waals surface area contributed by atoms with E-state index in [1.807, 2.05) is 0 Å². The largest absolute Gasteiger partial charge is 0.378 e. The summed E-state index contributed by atoms with van der Waals surface area (Å²) in [6.45, 7) is 0. The summed E-state index contributed by atoms with van der Waals surface area (Å²) < 4.78 is 0. The highest BCUT2D eigenvalue weighted by Gasteiger charge is 2.15. The second kappa shape index (κ2) is 4.13. The van der Waals surface area contributed by atoms with Crippen LogP contribution in [0.2, 0.25) is 0 Å². The topological polar surface area (TPSA) is 49.9 Å². The van der Waals surface area contributed by atoms with E-state index in [0.717, 1.165) is 5.25 Å². The quantitative estimate of drug-likeness (QED) is 0.385. The van der Waals surface area contributed by atoms with Gasteiger partial charge in [-0.3, -0.25) is 5.41 Å². The molecule has 3 N–H and O–H groups in total. The van der Waals surface area contributed by atoms with E-state index >= 15 is 0 Å². The summed E-state index contributed by atoms with van der Waals surface area (Å²) in [6.07, 6.45) is 5.34. The molecule has 1 aliphatic rings. The third kappa shape index (κ3) is 2.84. The Morgan fingerprint density at radius 2 is 2.00 bits per heavy atom. The van der Waals surface area contributed by atoms with Crippen molar-refractivity contribution in [2.75, 3.05) is 0 Å². The minimum atomic E-state index is 0.233. The Labute approximate surface area is 69.2 Å². The second-order valence-electron chi connectivity index (χ2n) is 2.45. The van der Waals surface area contributed by atoms with Gasteiger partial charge in [0.05, 0.1) is 0 Å². The first-order valence-electron chi connectivity index (χ1n) is 3.46. The summed E-state index contributed by atoms with van der Waals surface area (Å²) >= 11 is 0. The van der Waals surface area contributed by atoms with Crippen molar-refractivity contribution < 1.29 is 0 Å². The van der Waals surface area contributed by atoms with E-state index in [4.69, 9.17) is 11.1 Å². The maximum Gasteiger partial charge on any atom is 0.161 e. The smallest absolute Gasteiger partial charge is 0.161 e. The van der Waals surface area contributed by atoms with Gasteiger partial charge in [-0.2, -0.15) is 0 Å². The van der Waals surface area contributed by atoms with Crippen molar-refractivity contribution in [3.63, 3.8) is 0 Å². The predicted octanol–water partition coefficient (Wildman–Crippen LogP) is 2.20. The van der Waals surface area contributed by atoms with E-state index in [0.29, 0.717) is 0 Å². The van der Waals surface area contributed by atoms with Gasteiger partial charge in [0.15, 0.2) is 5.17 Å². The summed E-state index contributed by atoms with van der Waals surface area (Å²) in [4.78, 5) is 0. The van der Waals surface area contributed by atoms with E-state index in [1.54, 1.807) is 10.8 Å². The third-order valence-electron chi connectivity index (χ3n) is 1.58. The lowest BCUT2D eigenvalue weighted by Gasteiger charge is -2.04. The van der Waals surface area contributed by atoms with Gasteiger partial charge < -0.3 is 5.73 Å². The number of nitrogens with two attached hydrogens (primary N) is 1. The van der Waals surface area contributed by atoms with Crippen molar-refractivity contribution in [1.82, 2.24) is 0 Å². The summed E-state index contributed by atoms with van der Waals surface area (Å²) in [7, 11) is 3.17. The van der Waals surface area contributed by atoms with Crippen LogP contribution >= 0.6 is 21.6 Å². The van der Waals surface area contributed by atoms with E-state index in [-0.39, 0.29) is 5.17 Å². The van der Waals surface area contributed by atoms with Gasteiger partial charge in [0.25, 0.3) is 0 Å². The Hall–Kier alpha value is 0.170. The lowest BCUT2D eigenvalue weighted by Crippen LogP contribution is -2.03. The predicted molar refractivity (Wildman–Crippen MR) is 49.4 cm³/mol. The highest BCUT2D eigenvalue weighted by molar-refractivity contribution is 8.82. The van der Waals surface area contributed by atoms with E-state index in [2.05, 4.69) is 0 Å². The molecule has 0 heterocycles. The molecule has 10 heavy (non-hydrogen) atoms. The molecule has 1 aliphatic carbocycles. The van der Waals surface area contributed by atoms with Crippen LogP contribution in [0.4, 0.5) is 0 Å². The van der Waals surface area contributed by atoms with Crippen LogP contribution in [-0.4, -0.2) is 10.4 Å². The van der Waals surface area contributed by atoms with Crippen molar-refractivity contribution in [1.29, 1.82) is 5.41 Å². The first kappa shape index (κ1) is 8.27. The van der Waals surface area contributed by atoms with Crippen LogP contribution in [-0.2, 0) is 0 Å². The van der Waals surface area contributed by atoms with Gasteiger partial charge in [-0.25, -0.2) is 0 Å². The lowest BCUT2D eigenvalue weighted by molar-refractivity contribution is 0.886. The molecule has 0 bridgehead atoms. The first-order chi connectivity index (χ1) is 4.79. The number of hydrogen-bond donors (Lipinski definition) is 2. The minimum Gasteiger partial charge on any atom is -0.378 e. The second-order valence-corrected chi connectivity index (χ2v) is 4.99. The average molecular weight is 176 g/mol. The highest BCUT2D eigenvalue weighted by Crippen LogP contribution is 2.36. The molecule has 0 spiro atoms. The molecule has 0 saturated heterocycles. The van der Waals surface area contributed by atoms with Crippen LogP contribution in [0.3, 0.4) is 0 Å². The molecule has 1 fully saturated rings. The number of hydrogen-bond acceptors (Lipinski definition) is 3. The number of nitrogens with one attached hydrogen (secondary N) is 1. The standard InChI is InChI=1S/C6H12N2S2/c7-6(8)10-9-5-3-1-2-4-5/h5H,1-4H2,(H3,7,8). The fraction of sp³-hybridized carbons (Fsp3) is 0.833. The third-order valence-corrected chi connectivity index (χ3v) is 4.24. The van der Waals surface area contributed by atoms with Crippen molar-refractivity contribution >= 4 is 26.8 Å². The molecule has 2 nitrogen and oxygen atoms in total. The molecule has 0 aromatic heterocycles. The monoisotopic (exact) mass is 176 g/mol. The van der Waals surface area contributed by atoms with Gasteiger partial charge in [0.1, 0.15) is 0 Å². The first-order valence-corrected chi connectivity index (χ1v) is 5.67. The highest BCUT2D eigenvalue weighted by atomic mass is 33.1. The van der Waals surface area contributed by atoms with Crippen LogP contribution in [0.5, 0.6) is 0 Å². The Morgan fingerprint density at radius 1 is 1.40 bits per heavy atom. The molecule has 0 radical (unpaired) electrons. The summed E-state index contributed by atoms with van der Waals surface area (Å²) in [5.74, 6) is 0. The van der Waals surface area contributed by atoms with Crippen molar-refractivity contribution in [2.24, 2.45) is 5.73 Å². The van der Waals surface area contributed by atoms with E-state index in [9.17, 15) is 0 Å². The summed E-state index contributed by atoms with van der Waals surface area (Å²) in [6, 6.07) is 0.